The Morgan fingerprint density at radius 3 is 2.79 bits per heavy atom. The van der Waals surface area contributed by atoms with Gasteiger partial charge in [-0.05, 0) is 55.0 Å². The molecule has 0 saturated heterocycles. The van der Waals surface area contributed by atoms with Crippen molar-refractivity contribution in [3.63, 3.8) is 0 Å². The molecule has 2 aromatic carbocycles. The van der Waals surface area contributed by atoms with E-state index in [0.717, 1.165) is 0 Å². The number of carbonyl (C=O) groups excluding carboxylic acids is 1. The van der Waals surface area contributed by atoms with Gasteiger partial charge >= 0.3 is 0 Å². The van der Waals surface area contributed by atoms with Crippen molar-refractivity contribution in [3.8, 4) is 11.5 Å². The molecule has 1 amide bonds. The predicted octanol–water partition coefficient (Wildman–Crippen LogP) is 3.90. The fraction of sp³-hybridized carbons (Fsp3) is 0.0833. The molecule has 0 aliphatic heterocycles. The lowest BCUT2D eigenvalue weighted by molar-refractivity contribution is -0.116. The first-order chi connectivity index (χ1) is 16.0. The molecule has 4 rings (SSSR count). The van der Waals surface area contributed by atoms with Crippen LogP contribution in [0.1, 0.15) is 12.5 Å². The lowest BCUT2D eigenvalue weighted by Gasteiger charge is -2.13. The van der Waals surface area contributed by atoms with E-state index in [0.29, 0.717) is 28.8 Å². The first kappa shape index (κ1) is 21.7. The Kier molecular flexibility index (Phi) is 6.40. The van der Waals surface area contributed by atoms with Crippen LogP contribution in [0.5, 0.6) is 11.5 Å². The van der Waals surface area contributed by atoms with Crippen molar-refractivity contribution in [1.82, 2.24) is 20.0 Å². The number of nitrogens with one attached hydrogen (secondary N) is 2. The summed E-state index contributed by atoms with van der Waals surface area (Å²) in [6, 6.07) is 14.7. The zero-order chi connectivity index (χ0) is 23.2. The van der Waals surface area contributed by atoms with Crippen LogP contribution in [0.3, 0.4) is 0 Å². The Hall–Kier alpha value is -4.53. The molecule has 166 valence electrons. The molecule has 9 heteroatoms. The summed E-state index contributed by atoms with van der Waals surface area (Å²) in [5, 5.41) is 0.495. The summed E-state index contributed by atoms with van der Waals surface area (Å²) in [7, 11) is 0. The maximum Gasteiger partial charge on any atom is 0.262 e. The van der Waals surface area contributed by atoms with Crippen LogP contribution in [0.4, 0.5) is 10.3 Å². The zero-order valence-corrected chi connectivity index (χ0v) is 17.7. The number of hydrogen-bond acceptors (Lipinski definition) is 6. The third kappa shape index (κ3) is 5.04. The normalized spacial score (nSPS) is 11.0. The summed E-state index contributed by atoms with van der Waals surface area (Å²) in [6.45, 7) is 2.18. The lowest BCUT2D eigenvalue weighted by Crippen LogP contribution is -2.33. The number of nitrogens with zero attached hydrogens (tertiary/aromatic N) is 3. The van der Waals surface area contributed by atoms with Gasteiger partial charge in [-0.3, -0.25) is 30.0 Å². The predicted molar refractivity (Wildman–Crippen MR) is 123 cm³/mol. The van der Waals surface area contributed by atoms with E-state index in [9.17, 15) is 14.0 Å². The molecule has 4 aromatic rings. The molecule has 2 aromatic heterocycles. The van der Waals surface area contributed by atoms with Crippen LogP contribution in [0.2, 0.25) is 0 Å². The molecule has 0 saturated carbocycles. The van der Waals surface area contributed by atoms with Crippen LogP contribution in [-0.2, 0) is 11.3 Å². The van der Waals surface area contributed by atoms with E-state index in [2.05, 4.69) is 20.8 Å². The van der Waals surface area contributed by atoms with Crippen molar-refractivity contribution in [1.29, 1.82) is 0 Å². The summed E-state index contributed by atoms with van der Waals surface area (Å²) in [6.07, 6.45) is 5.76. The highest BCUT2D eigenvalue weighted by Crippen LogP contribution is 2.24. The summed E-state index contributed by atoms with van der Waals surface area (Å²) in [5.41, 5.74) is 5.93. The molecule has 0 aliphatic carbocycles. The van der Waals surface area contributed by atoms with E-state index in [1.807, 2.05) is 0 Å². The Bertz CT molecular complexity index is 1390. The van der Waals surface area contributed by atoms with Gasteiger partial charge in [0.05, 0.1) is 17.1 Å². The minimum atomic E-state index is -0.577. The van der Waals surface area contributed by atoms with Gasteiger partial charge in [0.2, 0.25) is 5.95 Å². The minimum Gasteiger partial charge on any atom is -0.453 e. The number of benzene rings is 2. The summed E-state index contributed by atoms with van der Waals surface area (Å²) in [5.74, 6) is -0.405. The molecule has 0 unspecified atom stereocenters. The molecule has 0 radical (unpaired) electrons. The van der Waals surface area contributed by atoms with Crippen molar-refractivity contribution in [3.05, 3.63) is 94.8 Å². The number of carbonyl (C=O) groups is 1. The van der Waals surface area contributed by atoms with Gasteiger partial charge in [0, 0.05) is 18.8 Å². The Morgan fingerprint density at radius 1 is 1.18 bits per heavy atom. The Morgan fingerprint density at radius 2 is 2.03 bits per heavy atom. The van der Waals surface area contributed by atoms with Gasteiger partial charge < -0.3 is 4.74 Å². The highest BCUT2D eigenvalue weighted by Gasteiger charge is 2.10. The summed E-state index contributed by atoms with van der Waals surface area (Å²) >= 11 is 0. The fourth-order valence-electron chi connectivity index (χ4n) is 3.13. The molecule has 8 nitrogen and oxygen atoms in total. The van der Waals surface area contributed by atoms with E-state index in [1.54, 1.807) is 55.6 Å². The number of halogens is 1. The van der Waals surface area contributed by atoms with Crippen molar-refractivity contribution in [2.24, 2.45) is 0 Å². The molecule has 2 heterocycles. The second-order valence-electron chi connectivity index (χ2n) is 6.93. The smallest absolute Gasteiger partial charge is 0.262 e. The standard InChI is InChI=1S/C24H20FN5O3/c1-2-30-23(32)18-7-3-4-8-20(18)27-24(30)29-28-22(31)12-10-16-9-11-21(19(25)14-16)33-17-6-5-13-26-15-17/h3-15H,2H2,1H3,(H,27,29)(H,28,31)/b12-10+. The number of anilines is 1. The van der Waals surface area contributed by atoms with Crippen LogP contribution >= 0.6 is 0 Å². The first-order valence-corrected chi connectivity index (χ1v) is 10.2. The number of amides is 1. The largest absolute Gasteiger partial charge is 0.453 e. The van der Waals surface area contributed by atoms with E-state index < -0.39 is 11.7 Å². The second-order valence-corrected chi connectivity index (χ2v) is 6.93. The molecule has 0 aliphatic rings. The van der Waals surface area contributed by atoms with E-state index in [1.165, 1.54) is 35.0 Å². The number of ether oxygens (including phenoxy) is 1. The number of para-hydroxylation sites is 1. The van der Waals surface area contributed by atoms with Gasteiger partial charge in [0.15, 0.2) is 11.6 Å². The second kappa shape index (κ2) is 9.73. The number of hydrazine groups is 1. The van der Waals surface area contributed by atoms with Crippen LogP contribution in [0.15, 0.2) is 77.9 Å². The number of hydrogen-bond donors (Lipinski definition) is 2. The average molecular weight is 445 g/mol. The van der Waals surface area contributed by atoms with Gasteiger partial charge in [-0.2, -0.15) is 0 Å². The third-order valence-electron chi connectivity index (χ3n) is 4.72. The van der Waals surface area contributed by atoms with Gasteiger partial charge in [-0.25, -0.2) is 9.37 Å². The Labute approximate surface area is 188 Å². The van der Waals surface area contributed by atoms with Crippen molar-refractivity contribution >= 4 is 28.8 Å². The number of fused-ring (bicyclic) bond motifs is 1. The maximum absolute atomic E-state index is 14.3. The molecule has 0 bridgehead atoms. The molecule has 2 N–H and O–H groups in total. The monoisotopic (exact) mass is 445 g/mol. The van der Waals surface area contributed by atoms with E-state index >= 15 is 0 Å². The highest BCUT2D eigenvalue weighted by molar-refractivity contribution is 5.92. The summed E-state index contributed by atoms with van der Waals surface area (Å²) < 4.78 is 21.2. The number of pyridine rings is 1. The number of rotatable bonds is 7. The zero-order valence-electron chi connectivity index (χ0n) is 17.7. The van der Waals surface area contributed by atoms with Crippen molar-refractivity contribution < 1.29 is 13.9 Å². The van der Waals surface area contributed by atoms with Gasteiger partial charge in [-0.15, -0.1) is 0 Å². The molecule has 0 spiro atoms. The SMILES string of the molecule is CCn1c(NNC(=O)/C=C/c2ccc(Oc3cccnc3)c(F)c2)nc2ccccc2c1=O. The molecule has 33 heavy (non-hydrogen) atoms. The third-order valence-corrected chi connectivity index (χ3v) is 4.72. The first-order valence-electron chi connectivity index (χ1n) is 10.2. The Balaban J connectivity index is 1.42. The van der Waals surface area contributed by atoms with E-state index in [-0.39, 0.29) is 17.3 Å². The molecule has 0 atom stereocenters. The highest BCUT2D eigenvalue weighted by atomic mass is 19.1. The van der Waals surface area contributed by atoms with Crippen molar-refractivity contribution in [2.75, 3.05) is 5.43 Å². The van der Waals surface area contributed by atoms with Crippen LogP contribution in [-0.4, -0.2) is 20.4 Å². The van der Waals surface area contributed by atoms with Crippen molar-refractivity contribution in [2.45, 2.75) is 13.5 Å². The minimum absolute atomic E-state index is 0.0474. The van der Waals surface area contributed by atoms with Gasteiger partial charge in [-0.1, -0.05) is 18.2 Å². The van der Waals surface area contributed by atoms with Crippen LogP contribution in [0.25, 0.3) is 17.0 Å². The van der Waals surface area contributed by atoms with Crippen LogP contribution < -0.4 is 21.1 Å². The van der Waals surface area contributed by atoms with E-state index in [4.69, 9.17) is 4.74 Å². The molecule has 0 fully saturated rings. The quantitative estimate of drug-likeness (QED) is 0.331. The van der Waals surface area contributed by atoms with Crippen LogP contribution in [0, 0.1) is 5.82 Å². The summed E-state index contributed by atoms with van der Waals surface area (Å²) in [4.78, 5) is 33.2. The average Bonchev–Trinajstić information content (AvgIpc) is 2.84. The lowest BCUT2D eigenvalue weighted by atomic mass is 10.2. The number of aromatic nitrogens is 3. The fourth-order valence-corrected chi connectivity index (χ4v) is 3.13. The molecular formula is C24H20FN5O3. The maximum atomic E-state index is 14.3. The van der Waals surface area contributed by atoms with Gasteiger partial charge in [0.1, 0.15) is 5.75 Å². The topological polar surface area (TPSA) is 98.1 Å². The van der Waals surface area contributed by atoms with Gasteiger partial charge in [0.25, 0.3) is 11.5 Å². The molecular weight excluding hydrogens is 425 g/mol.